The lowest BCUT2D eigenvalue weighted by Crippen LogP contribution is -2.19. The van der Waals surface area contributed by atoms with Crippen LogP contribution in [0.2, 0.25) is 0 Å². The van der Waals surface area contributed by atoms with Crippen LogP contribution in [0.25, 0.3) is 0 Å². The minimum Gasteiger partial charge on any atom is -0.396 e. The van der Waals surface area contributed by atoms with E-state index in [1.807, 2.05) is 19.2 Å². The van der Waals surface area contributed by atoms with Gasteiger partial charge in [-0.1, -0.05) is 12.1 Å². The molecule has 96 valence electrons. The third-order valence-electron chi connectivity index (χ3n) is 2.50. The molecule has 0 spiro atoms. The molecule has 0 fully saturated rings. The Bertz CT molecular complexity index is 439. The summed E-state index contributed by atoms with van der Waals surface area (Å²) in [5.41, 5.74) is 1.07. The van der Waals surface area contributed by atoms with Crippen LogP contribution in [0.5, 0.6) is 0 Å². The van der Waals surface area contributed by atoms with Crippen LogP contribution in [0.15, 0.2) is 29.2 Å². The van der Waals surface area contributed by atoms with Crippen LogP contribution in [-0.4, -0.2) is 44.9 Å². The zero-order valence-electron chi connectivity index (χ0n) is 10.3. The first-order valence-corrected chi connectivity index (χ1v) is 7.41. The Kier molecular flexibility index (Phi) is 5.11. The predicted molar refractivity (Wildman–Crippen MR) is 67.6 cm³/mol. The van der Waals surface area contributed by atoms with E-state index in [0.29, 0.717) is 4.90 Å². The molecule has 0 amide bonds. The molecule has 17 heavy (non-hydrogen) atoms. The van der Waals surface area contributed by atoms with Crippen LogP contribution in [0.3, 0.4) is 0 Å². The monoisotopic (exact) mass is 257 g/mol. The summed E-state index contributed by atoms with van der Waals surface area (Å²) in [5.74, 6) is 0. The molecule has 0 radical (unpaired) electrons. The van der Waals surface area contributed by atoms with Gasteiger partial charge < -0.3 is 10.0 Å². The molecule has 0 aliphatic rings. The maximum atomic E-state index is 11.3. The van der Waals surface area contributed by atoms with Crippen LogP contribution in [0.1, 0.15) is 12.0 Å². The van der Waals surface area contributed by atoms with Crippen molar-refractivity contribution in [2.24, 2.45) is 0 Å². The zero-order chi connectivity index (χ0) is 12.9. The van der Waals surface area contributed by atoms with Gasteiger partial charge in [0.25, 0.3) is 0 Å². The van der Waals surface area contributed by atoms with Gasteiger partial charge in [-0.2, -0.15) is 0 Å². The summed E-state index contributed by atoms with van der Waals surface area (Å²) >= 11 is 0. The highest BCUT2D eigenvalue weighted by atomic mass is 32.2. The number of nitrogens with zero attached hydrogens (tertiary/aromatic N) is 1. The summed E-state index contributed by atoms with van der Waals surface area (Å²) in [5, 5.41) is 8.71. The molecule has 0 saturated heterocycles. The van der Waals surface area contributed by atoms with Crippen LogP contribution in [0, 0.1) is 0 Å². The van der Waals surface area contributed by atoms with Gasteiger partial charge >= 0.3 is 0 Å². The number of rotatable bonds is 6. The van der Waals surface area contributed by atoms with Gasteiger partial charge in [0.15, 0.2) is 9.84 Å². The van der Waals surface area contributed by atoms with E-state index in [-0.39, 0.29) is 6.61 Å². The van der Waals surface area contributed by atoms with Crippen molar-refractivity contribution in [1.82, 2.24) is 4.90 Å². The van der Waals surface area contributed by atoms with E-state index >= 15 is 0 Å². The summed E-state index contributed by atoms with van der Waals surface area (Å²) in [7, 11) is -1.14. The third-order valence-corrected chi connectivity index (χ3v) is 3.63. The van der Waals surface area contributed by atoms with Gasteiger partial charge in [-0.3, -0.25) is 0 Å². The number of aliphatic hydroxyl groups excluding tert-OH is 1. The van der Waals surface area contributed by atoms with E-state index in [9.17, 15) is 8.42 Å². The van der Waals surface area contributed by atoms with Crippen molar-refractivity contribution in [3.63, 3.8) is 0 Å². The van der Waals surface area contributed by atoms with E-state index in [1.165, 1.54) is 6.26 Å². The van der Waals surface area contributed by atoms with Crippen LogP contribution >= 0.6 is 0 Å². The van der Waals surface area contributed by atoms with Gasteiger partial charge in [-0.15, -0.1) is 0 Å². The highest BCUT2D eigenvalue weighted by Crippen LogP contribution is 2.11. The molecular formula is C12H19NO3S. The maximum absolute atomic E-state index is 11.3. The molecule has 0 aliphatic heterocycles. The van der Waals surface area contributed by atoms with Crippen molar-refractivity contribution < 1.29 is 13.5 Å². The Morgan fingerprint density at radius 1 is 1.24 bits per heavy atom. The largest absolute Gasteiger partial charge is 0.396 e. The Morgan fingerprint density at radius 3 is 2.29 bits per heavy atom. The highest BCUT2D eigenvalue weighted by molar-refractivity contribution is 7.90. The lowest BCUT2D eigenvalue weighted by atomic mass is 10.2. The van der Waals surface area contributed by atoms with E-state index in [0.717, 1.165) is 25.1 Å². The fourth-order valence-corrected chi connectivity index (χ4v) is 2.20. The Balaban J connectivity index is 2.63. The second kappa shape index (κ2) is 6.14. The molecular weight excluding hydrogens is 238 g/mol. The van der Waals surface area contributed by atoms with Crippen molar-refractivity contribution in [3.05, 3.63) is 29.8 Å². The number of benzene rings is 1. The first kappa shape index (κ1) is 14.2. The number of aliphatic hydroxyl groups is 1. The molecule has 5 heteroatoms. The van der Waals surface area contributed by atoms with Crippen molar-refractivity contribution in [1.29, 1.82) is 0 Å². The van der Waals surface area contributed by atoms with Gasteiger partial charge in [-0.25, -0.2) is 8.42 Å². The lowest BCUT2D eigenvalue weighted by Gasteiger charge is -2.15. The Morgan fingerprint density at radius 2 is 1.82 bits per heavy atom. The van der Waals surface area contributed by atoms with Crippen molar-refractivity contribution in [2.45, 2.75) is 17.9 Å². The van der Waals surface area contributed by atoms with Gasteiger partial charge in [0, 0.05) is 26.0 Å². The van der Waals surface area contributed by atoms with Crippen LogP contribution in [0.4, 0.5) is 0 Å². The van der Waals surface area contributed by atoms with Gasteiger partial charge in [-0.05, 0) is 31.2 Å². The minimum absolute atomic E-state index is 0.192. The van der Waals surface area contributed by atoms with Crippen molar-refractivity contribution >= 4 is 9.84 Å². The Labute approximate surface area is 103 Å². The van der Waals surface area contributed by atoms with E-state index in [1.54, 1.807) is 12.1 Å². The zero-order valence-corrected chi connectivity index (χ0v) is 11.1. The molecule has 0 aromatic heterocycles. The highest BCUT2D eigenvalue weighted by Gasteiger charge is 2.06. The standard InChI is InChI=1S/C12H19NO3S/c1-13(8-3-9-14)10-11-4-6-12(7-5-11)17(2,15)16/h4-7,14H,3,8-10H2,1-2H3. The normalized spacial score (nSPS) is 12.0. The molecule has 1 aromatic carbocycles. The summed E-state index contributed by atoms with van der Waals surface area (Å²) in [6.45, 7) is 1.77. The number of hydrogen-bond acceptors (Lipinski definition) is 4. The van der Waals surface area contributed by atoms with Crippen LogP contribution in [-0.2, 0) is 16.4 Å². The summed E-state index contributed by atoms with van der Waals surface area (Å²) in [6, 6.07) is 6.91. The van der Waals surface area contributed by atoms with Gasteiger partial charge in [0.1, 0.15) is 0 Å². The molecule has 1 N–H and O–H groups in total. The van der Waals surface area contributed by atoms with E-state index in [4.69, 9.17) is 5.11 Å². The Hall–Kier alpha value is -0.910. The first-order valence-electron chi connectivity index (χ1n) is 5.52. The number of hydrogen-bond donors (Lipinski definition) is 1. The summed E-state index contributed by atoms with van der Waals surface area (Å²) < 4.78 is 22.5. The molecule has 0 unspecified atom stereocenters. The second-order valence-corrected chi connectivity index (χ2v) is 6.25. The molecule has 0 aliphatic carbocycles. The quantitative estimate of drug-likeness (QED) is 0.823. The van der Waals surface area contributed by atoms with Gasteiger partial charge in [0.2, 0.25) is 0 Å². The summed E-state index contributed by atoms with van der Waals surface area (Å²) in [6.07, 6.45) is 1.95. The van der Waals surface area contributed by atoms with Crippen molar-refractivity contribution in [3.8, 4) is 0 Å². The predicted octanol–water partition coefficient (Wildman–Crippen LogP) is 0.904. The topological polar surface area (TPSA) is 57.6 Å². The second-order valence-electron chi connectivity index (χ2n) is 4.23. The number of sulfone groups is 1. The molecule has 0 atom stereocenters. The molecule has 0 saturated carbocycles. The van der Waals surface area contributed by atoms with E-state index in [2.05, 4.69) is 4.90 Å². The fraction of sp³-hybridized carbons (Fsp3) is 0.500. The molecule has 1 rings (SSSR count). The first-order chi connectivity index (χ1) is 7.93. The van der Waals surface area contributed by atoms with E-state index < -0.39 is 9.84 Å². The summed E-state index contributed by atoms with van der Waals surface area (Å²) in [4.78, 5) is 2.44. The lowest BCUT2D eigenvalue weighted by molar-refractivity contribution is 0.244. The van der Waals surface area contributed by atoms with Crippen molar-refractivity contribution in [2.75, 3.05) is 26.5 Å². The van der Waals surface area contributed by atoms with Gasteiger partial charge in [0.05, 0.1) is 4.90 Å². The minimum atomic E-state index is -3.11. The average Bonchev–Trinajstić information content (AvgIpc) is 2.26. The maximum Gasteiger partial charge on any atom is 0.175 e. The molecule has 0 bridgehead atoms. The smallest absolute Gasteiger partial charge is 0.175 e. The SMILES string of the molecule is CN(CCCO)Cc1ccc(S(C)(=O)=O)cc1. The molecule has 4 nitrogen and oxygen atoms in total. The fourth-order valence-electron chi connectivity index (χ4n) is 1.57. The molecule has 0 heterocycles. The third kappa shape index (κ3) is 4.85. The average molecular weight is 257 g/mol. The molecule has 1 aromatic rings. The van der Waals surface area contributed by atoms with Crippen LogP contribution < -0.4 is 0 Å².